The molecule has 12 heavy (non-hydrogen) atoms. The average molecular weight is 184 g/mol. The van der Waals surface area contributed by atoms with E-state index >= 15 is 0 Å². The summed E-state index contributed by atoms with van der Waals surface area (Å²) in [5.74, 6) is 0.102. The summed E-state index contributed by atoms with van der Waals surface area (Å²) in [6, 6.07) is 5.87. The summed E-state index contributed by atoms with van der Waals surface area (Å²) in [5, 5.41) is 0. The van der Waals surface area contributed by atoms with Gasteiger partial charge in [-0.1, -0.05) is 6.92 Å². The van der Waals surface area contributed by atoms with Gasteiger partial charge in [-0.2, -0.15) is 0 Å². The molecule has 0 unspecified atom stereocenters. The van der Waals surface area contributed by atoms with Crippen molar-refractivity contribution in [2.75, 3.05) is 5.75 Å². The number of hydrogen-bond acceptors (Lipinski definition) is 2. The summed E-state index contributed by atoms with van der Waals surface area (Å²) >= 11 is 0. The molecule has 1 radical (unpaired) electrons. The molecule has 0 heterocycles. The molecule has 1 rings (SSSR count). The first-order chi connectivity index (χ1) is 5.56. The van der Waals surface area contributed by atoms with E-state index in [0.29, 0.717) is 10.6 Å². The summed E-state index contributed by atoms with van der Waals surface area (Å²) in [7, 11) is -3.10. The Morgan fingerprint density at radius 1 is 1.25 bits per heavy atom. The zero-order valence-electron chi connectivity index (χ0n) is 6.74. The van der Waals surface area contributed by atoms with Crippen molar-refractivity contribution in [3.8, 4) is 0 Å². The van der Waals surface area contributed by atoms with Crippen LogP contribution in [0.3, 0.4) is 0 Å². The van der Waals surface area contributed by atoms with Crippen LogP contribution in [0.1, 0.15) is 6.92 Å². The van der Waals surface area contributed by atoms with Crippen molar-refractivity contribution in [2.45, 2.75) is 11.8 Å². The molecule has 65 valence electrons. The molecule has 1 aromatic rings. The predicted octanol–water partition coefficient (Wildman–Crippen LogP) is 1.39. The average Bonchev–Trinajstić information content (AvgIpc) is 2.05. The van der Waals surface area contributed by atoms with Gasteiger partial charge in [-0.05, 0) is 24.3 Å². The van der Waals surface area contributed by atoms with Crippen molar-refractivity contribution in [3.05, 3.63) is 24.3 Å². The van der Waals surface area contributed by atoms with Crippen LogP contribution in [-0.4, -0.2) is 14.2 Å². The lowest BCUT2D eigenvalue weighted by Crippen LogP contribution is -2.02. The maximum Gasteiger partial charge on any atom is 0.178 e. The van der Waals surface area contributed by atoms with Crippen molar-refractivity contribution in [2.24, 2.45) is 0 Å². The molecule has 0 atom stereocenters. The van der Waals surface area contributed by atoms with Crippen molar-refractivity contribution >= 4 is 15.5 Å². The minimum absolute atomic E-state index is 0.102. The molecule has 0 aromatic heterocycles. The van der Waals surface area contributed by atoms with Crippen LogP contribution < -0.4 is 5.73 Å². The fraction of sp³-hybridized carbons (Fsp3) is 0.250. The fourth-order valence-corrected chi connectivity index (χ4v) is 1.71. The van der Waals surface area contributed by atoms with Gasteiger partial charge in [0.1, 0.15) is 0 Å². The van der Waals surface area contributed by atoms with Gasteiger partial charge in [0.2, 0.25) is 0 Å². The third-order valence-corrected chi connectivity index (χ3v) is 3.34. The molecule has 1 aromatic carbocycles. The lowest BCUT2D eigenvalue weighted by atomic mass is 10.3. The molecule has 0 saturated heterocycles. The van der Waals surface area contributed by atoms with Crippen LogP contribution in [-0.2, 0) is 9.84 Å². The second kappa shape index (κ2) is 3.15. The second-order valence-electron chi connectivity index (χ2n) is 2.43. The SMILES string of the molecule is CCS(=O)(=O)c1ccc([NH])cc1. The van der Waals surface area contributed by atoms with Gasteiger partial charge in [-0.3, -0.25) is 0 Å². The van der Waals surface area contributed by atoms with E-state index in [4.69, 9.17) is 5.73 Å². The van der Waals surface area contributed by atoms with E-state index in [1.54, 1.807) is 6.92 Å². The first-order valence-corrected chi connectivity index (χ1v) is 5.26. The molecule has 0 fully saturated rings. The minimum Gasteiger partial charge on any atom is -0.301 e. The highest BCUT2D eigenvalue weighted by Crippen LogP contribution is 2.13. The molecule has 0 spiro atoms. The van der Waals surface area contributed by atoms with E-state index in [1.807, 2.05) is 0 Å². The highest BCUT2D eigenvalue weighted by atomic mass is 32.2. The monoisotopic (exact) mass is 184 g/mol. The number of sulfone groups is 1. The first-order valence-electron chi connectivity index (χ1n) is 3.60. The number of rotatable bonds is 2. The molecule has 3 nitrogen and oxygen atoms in total. The Morgan fingerprint density at radius 3 is 2.17 bits per heavy atom. The Balaban J connectivity index is 3.14. The van der Waals surface area contributed by atoms with Gasteiger partial charge in [0.05, 0.1) is 16.3 Å². The Kier molecular flexibility index (Phi) is 2.38. The van der Waals surface area contributed by atoms with Gasteiger partial charge in [-0.25, -0.2) is 8.42 Å². The molecular formula is C8H10NO2S. The van der Waals surface area contributed by atoms with Crippen molar-refractivity contribution in [3.63, 3.8) is 0 Å². The van der Waals surface area contributed by atoms with Crippen molar-refractivity contribution < 1.29 is 8.42 Å². The van der Waals surface area contributed by atoms with Crippen LogP contribution in [0.25, 0.3) is 0 Å². The molecule has 0 aliphatic rings. The van der Waals surface area contributed by atoms with E-state index in [1.165, 1.54) is 24.3 Å². The molecule has 0 bridgehead atoms. The molecule has 0 aliphatic heterocycles. The van der Waals surface area contributed by atoms with Gasteiger partial charge < -0.3 is 5.73 Å². The standard InChI is InChI=1S/C8H10NO2S/c1-2-12(10,11)8-5-3-7(9)4-6-8/h3-6,9H,2H2,1H3. The zero-order valence-corrected chi connectivity index (χ0v) is 7.56. The molecule has 0 amide bonds. The third kappa shape index (κ3) is 1.76. The van der Waals surface area contributed by atoms with Crippen LogP contribution in [0.2, 0.25) is 0 Å². The highest BCUT2D eigenvalue weighted by molar-refractivity contribution is 7.91. The summed E-state index contributed by atoms with van der Waals surface area (Å²) < 4.78 is 22.5. The smallest absolute Gasteiger partial charge is 0.178 e. The summed E-state index contributed by atoms with van der Waals surface area (Å²) in [5.41, 5.74) is 7.48. The van der Waals surface area contributed by atoms with Crippen molar-refractivity contribution in [1.29, 1.82) is 0 Å². The Labute approximate surface area is 72.1 Å². The summed E-state index contributed by atoms with van der Waals surface area (Å²) in [4.78, 5) is 0.293. The van der Waals surface area contributed by atoms with Gasteiger partial charge in [0.15, 0.2) is 9.84 Å². The largest absolute Gasteiger partial charge is 0.301 e. The number of benzene rings is 1. The molecule has 0 aliphatic carbocycles. The molecule has 0 saturated carbocycles. The Bertz CT molecular complexity index is 353. The van der Waals surface area contributed by atoms with Crippen LogP contribution in [0.15, 0.2) is 29.2 Å². The third-order valence-electron chi connectivity index (χ3n) is 1.59. The zero-order chi connectivity index (χ0) is 9.19. The van der Waals surface area contributed by atoms with Gasteiger partial charge in [0.25, 0.3) is 0 Å². The Hall–Kier alpha value is -1.03. The maximum atomic E-state index is 11.3. The van der Waals surface area contributed by atoms with Gasteiger partial charge in [-0.15, -0.1) is 0 Å². The number of hydrogen-bond donors (Lipinski definition) is 0. The Morgan fingerprint density at radius 2 is 1.75 bits per heavy atom. The lowest BCUT2D eigenvalue weighted by molar-refractivity contribution is 0.597. The van der Waals surface area contributed by atoms with Crippen LogP contribution >= 0.6 is 0 Å². The van der Waals surface area contributed by atoms with Crippen LogP contribution in [0, 0.1) is 0 Å². The van der Waals surface area contributed by atoms with Crippen molar-refractivity contribution in [1.82, 2.24) is 5.73 Å². The normalized spacial score (nSPS) is 11.4. The first kappa shape index (κ1) is 9.06. The van der Waals surface area contributed by atoms with E-state index in [0.717, 1.165) is 0 Å². The van der Waals surface area contributed by atoms with E-state index in [-0.39, 0.29) is 5.75 Å². The van der Waals surface area contributed by atoms with E-state index in [2.05, 4.69) is 0 Å². The lowest BCUT2D eigenvalue weighted by Gasteiger charge is -1.99. The van der Waals surface area contributed by atoms with Gasteiger partial charge in [0, 0.05) is 0 Å². The topological polar surface area (TPSA) is 57.9 Å². The summed E-state index contributed by atoms with van der Waals surface area (Å²) in [6.45, 7) is 1.60. The molecule has 4 heteroatoms. The number of nitrogens with one attached hydrogen (secondary N) is 1. The van der Waals surface area contributed by atoms with Crippen LogP contribution in [0.5, 0.6) is 0 Å². The highest BCUT2D eigenvalue weighted by Gasteiger charge is 2.09. The van der Waals surface area contributed by atoms with Gasteiger partial charge >= 0.3 is 0 Å². The molecule has 1 N–H and O–H groups in total. The van der Waals surface area contributed by atoms with E-state index in [9.17, 15) is 8.42 Å². The second-order valence-corrected chi connectivity index (χ2v) is 4.71. The predicted molar refractivity (Wildman–Crippen MR) is 46.9 cm³/mol. The fourth-order valence-electron chi connectivity index (χ4n) is 0.829. The van der Waals surface area contributed by atoms with E-state index < -0.39 is 9.84 Å². The quantitative estimate of drug-likeness (QED) is 0.697. The summed E-state index contributed by atoms with van der Waals surface area (Å²) in [6.07, 6.45) is 0. The maximum absolute atomic E-state index is 11.3. The molecular weight excluding hydrogens is 174 g/mol. The minimum atomic E-state index is -3.10. The van der Waals surface area contributed by atoms with Crippen LogP contribution in [0.4, 0.5) is 5.69 Å².